The lowest BCUT2D eigenvalue weighted by Gasteiger charge is -2.16. The molecule has 2 aromatic rings. The van der Waals surface area contributed by atoms with Crippen molar-refractivity contribution in [2.75, 3.05) is 19.0 Å². The summed E-state index contributed by atoms with van der Waals surface area (Å²) in [6.45, 7) is 6.16. The Morgan fingerprint density at radius 3 is 2.52 bits per heavy atom. The van der Waals surface area contributed by atoms with Crippen LogP contribution in [0.25, 0.3) is 0 Å². The summed E-state index contributed by atoms with van der Waals surface area (Å²) in [7, 11) is 1.59. The smallest absolute Gasteiger partial charge is 0.262 e. The first kappa shape index (κ1) is 16.9. The van der Waals surface area contributed by atoms with E-state index in [0.29, 0.717) is 17.4 Å². The third-order valence-electron chi connectivity index (χ3n) is 3.60. The van der Waals surface area contributed by atoms with Gasteiger partial charge in [0, 0.05) is 11.8 Å². The van der Waals surface area contributed by atoms with E-state index < -0.39 is 0 Å². The van der Waals surface area contributed by atoms with Crippen LogP contribution in [0, 0.1) is 6.92 Å². The monoisotopic (exact) mass is 313 g/mol. The largest absolute Gasteiger partial charge is 0.497 e. The minimum Gasteiger partial charge on any atom is -0.497 e. The highest BCUT2D eigenvalue weighted by Gasteiger charge is 2.12. The number of methoxy groups -OCH3 is 1. The number of ether oxygens (including phenoxy) is 2. The van der Waals surface area contributed by atoms with Crippen LogP contribution in [0.15, 0.2) is 42.5 Å². The predicted octanol–water partition coefficient (Wildman–Crippen LogP) is 4.14. The first-order valence-electron chi connectivity index (χ1n) is 7.67. The number of nitrogens with one attached hydrogen (secondary N) is 1. The van der Waals surface area contributed by atoms with Gasteiger partial charge in [-0.15, -0.1) is 0 Å². The molecule has 0 saturated carbocycles. The molecule has 2 rings (SSSR count). The quantitative estimate of drug-likeness (QED) is 0.871. The topological polar surface area (TPSA) is 47.6 Å². The summed E-state index contributed by atoms with van der Waals surface area (Å²) in [6.07, 6.45) is 0. The highest BCUT2D eigenvalue weighted by molar-refractivity contribution is 5.93. The van der Waals surface area contributed by atoms with E-state index in [-0.39, 0.29) is 12.5 Å². The van der Waals surface area contributed by atoms with Crippen LogP contribution in [0.4, 0.5) is 5.69 Å². The van der Waals surface area contributed by atoms with Crippen molar-refractivity contribution >= 4 is 11.6 Å². The number of carbonyl (C=O) groups is 1. The number of aryl methyl sites for hydroxylation is 1. The maximum absolute atomic E-state index is 12.2. The zero-order chi connectivity index (χ0) is 16.8. The number of hydrogen-bond donors (Lipinski definition) is 1. The van der Waals surface area contributed by atoms with Crippen LogP contribution in [-0.4, -0.2) is 19.6 Å². The van der Waals surface area contributed by atoms with Crippen LogP contribution in [0.5, 0.6) is 11.5 Å². The standard InChI is InChI=1S/C19H23NO3/c1-13(2)17-10-5-7-14(3)19(17)20-18(21)12-23-16-9-6-8-15(11-16)22-4/h5-11,13H,12H2,1-4H3,(H,20,21). The van der Waals surface area contributed by atoms with E-state index in [9.17, 15) is 4.79 Å². The van der Waals surface area contributed by atoms with E-state index in [0.717, 1.165) is 16.8 Å². The molecule has 0 aromatic heterocycles. The minimum absolute atomic E-state index is 0.0426. The second-order valence-corrected chi connectivity index (χ2v) is 5.71. The molecule has 4 heteroatoms. The van der Waals surface area contributed by atoms with Gasteiger partial charge in [0.15, 0.2) is 6.61 Å². The van der Waals surface area contributed by atoms with Gasteiger partial charge in [-0.25, -0.2) is 0 Å². The van der Waals surface area contributed by atoms with Crippen molar-refractivity contribution in [3.05, 3.63) is 53.6 Å². The van der Waals surface area contributed by atoms with Crippen LogP contribution in [-0.2, 0) is 4.79 Å². The second-order valence-electron chi connectivity index (χ2n) is 5.71. The average Bonchev–Trinajstić information content (AvgIpc) is 2.54. The molecule has 0 aliphatic rings. The lowest BCUT2D eigenvalue weighted by Crippen LogP contribution is -2.21. The van der Waals surface area contributed by atoms with Crippen molar-refractivity contribution in [3.63, 3.8) is 0 Å². The van der Waals surface area contributed by atoms with Gasteiger partial charge in [-0.2, -0.15) is 0 Å². The molecule has 0 radical (unpaired) electrons. The van der Waals surface area contributed by atoms with Crippen LogP contribution in [0.3, 0.4) is 0 Å². The molecular formula is C19H23NO3. The summed E-state index contributed by atoms with van der Waals surface area (Å²) < 4.78 is 10.7. The summed E-state index contributed by atoms with van der Waals surface area (Å²) in [5, 5.41) is 2.96. The van der Waals surface area contributed by atoms with E-state index in [4.69, 9.17) is 9.47 Å². The minimum atomic E-state index is -0.177. The fraction of sp³-hybridized carbons (Fsp3) is 0.316. The van der Waals surface area contributed by atoms with Crippen molar-refractivity contribution in [2.45, 2.75) is 26.7 Å². The molecule has 4 nitrogen and oxygen atoms in total. The molecule has 0 aliphatic heterocycles. The molecule has 2 aromatic carbocycles. The third kappa shape index (κ3) is 4.49. The number of carbonyl (C=O) groups excluding carboxylic acids is 1. The highest BCUT2D eigenvalue weighted by Crippen LogP contribution is 2.27. The van der Waals surface area contributed by atoms with E-state index in [1.165, 1.54) is 0 Å². The van der Waals surface area contributed by atoms with Gasteiger partial charge in [0.05, 0.1) is 7.11 Å². The van der Waals surface area contributed by atoms with Gasteiger partial charge in [0.25, 0.3) is 5.91 Å². The van der Waals surface area contributed by atoms with E-state index in [1.807, 2.05) is 37.3 Å². The van der Waals surface area contributed by atoms with Crippen molar-refractivity contribution in [1.29, 1.82) is 0 Å². The van der Waals surface area contributed by atoms with Crippen molar-refractivity contribution in [3.8, 4) is 11.5 Å². The highest BCUT2D eigenvalue weighted by atomic mass is 16.5. The van der Waals surface area contributed by atoms with Gasteiger partial charge < -0.3 is 14.8 Å². The first-order chi connectivity index (χ1) is 11.0. The molecule has 0 bridgehead atoms. The molecule has 0 aliphatic carbocycles. The molecule has 0 fully saturated rings. The molecule has 0 atom stereocenters. The third-order valence-corrected chi connectivity index (χ3v) is 3.60. The Hall–Kier alpha value is -2.49. The summed E-state index contributed by atoms with van der Waals surface area (Å²) >= 11 is 0. The average molecular weight is 313 g/mol. The van der Waals surface area contributed by atoms with Crippen LogP contribution in [0.1, 0.15) is 30.9 Å². The van der Waals surface area contributed by atoms with Gasteiger partial charge in [-0.1, -0.05) is 38.1 Å². The zero-order valence-corrected chi connectivity index (χ0v) is 14.1. The maximum Gasteiger partial charge on any atom is 0.262 e. The normalized spacial score (nSPS) is 10.5. The number of para-hydroxylation sites is 1. The Morgan fingerprint density at radius 1 is 1.13 bits per heavy atom. The molecule has 1 amide bonds. The molecule has 0 saturated heterocycles. The molecule has 0 heterocycles. The fourth-order valence-corrected chi connectivity index (χ4v) is 2.36. The molecular weight excluding hydrogens is 290 g/mol. The van der Waals surface area contributed by atoms with Crippen molar-refractivity contribution in [2.24, 2.45) is 0 Å². The lowest BCUT2D eigenvalue weighted by molar-refractivity contribution is -0.118. The zero-order valence-electron chi connectivity index (χ0n) is 14.1. The molecule has 0 unspecified atom stereocenters. The second kappa shape index (κ2) is 7.68. The van der Waals surface area contributed by atoms with E-state index >= 15 is 0 Å². The molecule has 122 valence electrons. The van der Waals surface area contributed by atoms with Crippen LogP contribution < -0.4 is 14.8 Å². The Labute approximate surface area is 137 Å². The van der Waals surface area contributed by atoms with Gasteiger partial charge in [-0.05, 0) is 36.1 Å². The van der Waals surface area contributed by atoms with Gasteiger partial charge in [-0.3, -0.25) is 4.79 Å². The Balaban J connectivity index is 2.03. The molecule has 1 N–H and O–H groups in total. The van der Waals surface area contributed by atoms with Crippen molar-refractivity contribution in [1.82, 2.24) is 0 Å². The number of benzene rings is 2. The Kier molecular flexibility index (Phi) is 5.63. The van der Waals surface area contributed by atoms with Crippen LogP contribution in [0.2, 0.25) is 0 Å². The Bertz CT molecular complexity index is 680. The number of hydrogen-bond acceptors (Lipinski definition) is 3. The predicted molar refractivity (Wildman–Crippen MR) is 92.4 cm³/mol. The maximum atomic E-state index is 12.2. The summed E-state index contributed by atoms with van der Waals surface area (Å²) in [5.74, 6) is 1.46. The van der Waals surface area contributed by atoms with E-state index in [2.05, 4.69) is 19.2 Å². The van der Waals surface area contributed by atoms with E-state index in [1.54, 1.807) is 19.2 Å². The summed E-state index contributed by atoms with van der Waals surface area (Å²) in [5.41, 5.74) is 3.05. The van der Waals surface area contributed by atoms with Crippen molar-refractivity contribution < 1.29 is 14.3 Å². The fourth-order valence-electron chi connectivity index (χ4n) is 2.36. The molecule has 0 spiro atoms. The van der Waals surface area contributed by atoms with Gasteiger partial charge in [0.2, 0.25) is 0 Å². The SMILES string of the molecule is COc1cccc(OCC(=O)Nc2c(C)cccc2C(C)C)c1. The molecule has 23 heavy (non-hydrogen) atoms. The summed E-state index contributed by atoms with van der Waals surface area (Å²) in [6, 6.07) is 13.2. The van der Waals surface area contributed by atoms with Crippen LogP contribution >= 0.6 is 0 Å². The number of amides is 1. The Morgan fingerprint density at radius 2 is 1.83 bits per heavy atom. The number of anilines is 1. The lowest BCUT2D eigenvalue weighted by atomic mass is 9.98. The first-order valence-corrected chi connectivity index (χ1v) is 7.67. The van der Waals surface area contributed by atoms with Gasteiger partial charge >= 0.3 is 0 Å². The summed E-state index contributed by atoms with van der Waals surface area (Å²) in [4.78, 5) is 12.2. The van der Waals surface area contributed by atoms with Gasteiger partial charge in [0.1, 0.15) is 11.5 Å². The number of rotatable bonds is 6.